The number of likely N-dealkylation sites (tertiary alicyclic amines) is 1. The van der Waals surface area contributed by atoms with Gasteiger partial charge in [0.05, 0.1) is 34.7 Å². The van der Waals surface area contributed by atoms with Gasteiger partial charge in [-0.3, -0.25) is 9.59 Å². The van der Waals surface area contributed by atoms with E-state index in [4.69, 9.17) is 18.9 Å². The van der Waals surface area contributed by atoms with Crippen molar-refractivity contribution in [3.05, 3.63) is 47.5 Å². The molecule has 9 heteroatoms. The van der Waals surface area contributed by atoms with Gasteiger partial charge in [-0.05, 0) is 37.1 Å². The first-order chi connectivity index (χ1) is 16.0. The summed E-state index contributed by atoms with van der Waals surface area (Å²) in [6.07, 6.45) is 2.63. The maximum atomic E-state index is 12.9. The SMILES string of the molecule is COc1cc(OC)cc(C(=O)N2CCC(C(=O)NN=Cc3cccc(OC)c3OC)CC2)c1. The summed E-state index contributed by atoms with van der Waals surface area (Å²) in [4.78, 5) is 27.2. The van der Waals surface area contributed by atoms with Crippen LogP contribution in [0, 0.1) is 5.92 Å². The largest absolute Gasteiger partial charge is 0.497 e. The summed E-state index contributed by atoms with van der Waals surface area (Å²) >= 11 is 0. The lowest BCUT2D eigenvalue weighted by Gasteiger charge is -2.31. The van der Waals surface area contributed by atoms with Crippen LogP contribution in [0.1, 0.15) is 28.8 Å². The van der Waals surface area contributed by atoms with E-state index in [1.54, 1.807) is 57.6 Å². The Labute approximate surface area is 193 Å². The van der Waals surface area contributed by atoms with Crippen molar-refractivity contribution in [2.24, 2.45) is 11.0 Å². The first-order valence-corrected chi connectivity index (χ1v) is 10.6. The van der Waals surface area contributed by atoms with Gasteiger partial charge in [0.1, 0.15) is 11.5 Å². The van der Waals surface area contributed by atoms with Gasteiger partial charge in [-0.2, -0.15) is 5.10 Å². The Morgan fingerprint density at radius 2 is 1.64 bits per heavy atom. The zero-order valence-electron chi connectivity index (χ0n) is 19.3. The van der Waals surface area contributed by atoms with E-state index in [9.17, 15) is 9.59 Å². The van der Waals surface area contributed by atoms with Gasteiger partial charge >= 0.3 is 0 Å². The normalized spacial score (nSPS) is 14.1. The fourth-order valence-corrected chi connectivity index (χ4v) is 3.73. The van der Waals surface area contributed by atoms with Crippen molar-refractivity contribution in [3.63, 3.8) is 0 Å². The molecule has 1 N–H and O–H groups in total. The molecule has 3 rings (SSSR count). The lowest BCUT2D eigenvalue weighted by molar-refractivity contribution is -0.126. The number of nitrogens with one attached hydrogen (secondary N) is 1. The van der Waals surface area contributed by atoms with Crippen LogP contribution in [0.15, 0.2) is 41.5 Å². The summed E-state index contributed by atoms with van der Waals surface area (Å²) in [5, 5.41) is 4.07. The standard InChI is InChI=1S/C24H29N3O6/c1-30-19-12-18(13-20(14-19)31-2)24(29)27-10-8-16(9-11-27)23(28)26-25-15-17-6-5-7-21(32-3)22(17)33-4/h5-7,12-16H,8-11H2,1-4H3,(H,26,28). The predicted molar refractivity (Wildman–Crippen MR) is 123 cm³/mol. The van der Waals surface area contributed by atoms with Crippen LogP contribution in [0.4, 0.5) is 0 Å². The molecule has 0 aromatic heterocycles. The van der Waals surface area contributed by atoms with Gasteiger partial charge < -0.3 is 23.8 Å². The Balaban J connectivity index is 1.56. The summed E-state index contributed by atoms with van der Waals surface area (Å²) in [6.45, 7) is 0.952. The molecule has 0 bridgehead atoms. The highest BCUT2D eigenvalue weighted by Gasteiger charge is 2.28. The van der Waals surface area contributed by atoms with Gasteiger partial charge in [-0.1, -0.05) is 6.07 Å². The van der Waals surface area contributed by atoms with E-state index in [0.29, 0.717) is 60.1 Å². The lowest BCUT2D eigenvalue weighted by atomic mass is 9.95. The average Bonchev–Trinajstić information content (AvgIpc) is 2.87. The van der Waals surface area contributed by atoms with Crippen molar-refractivity contribution in [1.82, 2.24) is 10.3 Å². The number of carbonyl (C=O) groups is 2. The molecule has 0 atom stereocenters. The molecule has 0 spiro atoms. The minimum absolute atomic E-state index is 0.116. The van der Waals surface area contributed by atoms with Crippen molar-refractivity contribution >= 4 is 18.0 Å². The minimum atomic E-state index is -0.224. The van der Waals surface area contributed by atoms with Gasteiger partial charge in [0.15, 0.2) is 11.5 Å². The molecule has 0 saturated carbocycles. The Bertz CT molecular complexity index is 993. The van der Waals surface area contributed by atoms with Crippen LogP contribution in [0.5, 0.6) is 23.0 Å². The number of methoxy groups -OCH3 is 4. The number of carbonyl (C=O) groups excluding carboxylic acids is 2. The van der Waals surface area contributed by atoms with Gasteiger partial charge in [-0.25, -0.2) is 5.43 Å². The molecule has 2 aromatic carbocycles. The molecule has 33 heavy (non-hydrogen) atoms. The zero-order chi connectivity index (χ0) is 23.8. The van der Waals surface area contributed by atoms with Gasteiger partial charge in [0.25, 0.3) is 5.91 Å². The van der Waals surface area contributed by atoms with Gasteiger partial charge in [0, 0.05) is 36.2 Å². The van der Waals surface area contributed by atoms with Crippen LogP contribution in [-0.4, -0.2) is 64.5 Å². The van der Waals surface area contributed by atoms with E-state index in [-0.39, 0.29) is 17.7 Å². The number of benzene rings is 2. The minimum Gasteiger partial charge on any atom is -0.497 e. The third-order valence-corrected chi connectivity index (χ3v) is 5.56. The second kappa shape index (κ2) is 11.2. The van der Waals surface area contributed by atoms with E-state index in [0.717, 1.165) is 0 Å². The summed E-state index contributed by atoms with van der Waals surface area (Å²) in [7, 11) is 6.19. The summed E-state index contributed by atoms with van der Waals surface area (Å²) < 4.78 is 21.1. The molecule has 0 radical (unpaired) electrons. The Morgan fingerprint density at radius 3 is 2.21 bits per heavy atom. The second-order valence-electron chi connectivity index (χ2n) is 7.48. The molecule has 176 valence electrons. The van der Waals surface area contributed by atoms with Crippen LogP contribution in [0.2, 0.25) is 0 Å². The Kier molecular flexibility index (Phi) is 8.12. The number of nitrogens with zero attached hydrogens (tertiary/aromatic N) is 2. The number of hydrogen-bond acceptors (Lipinski definition) is 7. The number of amides is 2. The van der Waals surface area contributed by atoms with E-state index in [1.807, 2.05) is 12.1 Å². The molecule has 9 nitrogen and oxygen atoms in total. The van der Waals surface area contributed by atoms with E-state index in [1.165, 1.54) is 6.21 Å². The Hall–Kier alpha value is -3.75. The van der Waals surface area contributed by atoms with E-state index in [2.05, 4.69) is 10.5 Å². The average molecular weight is 456 g/mol. The molecule has 2 aromatic rings. The summed E-state index contributed by atoms with van der Waals surface area (Å²) in [6, 6.07) is 10.5. The predicted octanol–water partition coefficient (Wildman–Crippen LogP) is 2.72. The number of ether oxygens (including phenoxy) is 4. The molecule has 1 aliphatic heterocycles. The van der Waals surface area contributed by atoms with Gasteiger partial charge in [-0.15, -0.1) is 0 Å². The van der Waals surface area contributed by atoms with Gasteiger partial charge in [0.2, 0.25) is 5.91 Å². The molecule has 1 aliphatic rings. The summed E-state index contributed by atoms with van der Waals surface area (Å²) in [5.74, 6) is 1.71. The zero-order valence-corrected chi connectivity index (χ0v) is 19.3. The van der Waals surface area contributed by atoms with Crippen molar-refractivity contribution in [2.75, 3.05) is 41.5 Å². The number of para-hydroxylation sites is 1. The highest BCUT2D eigenvalue weighted by atomic mass is 16.5. The lowest BCUT2D eigenvalue weighted by Crippen LogP contribution is -2.42. The first-order valence-electron chi connectivity index (χ1n) is 10.6. The third kappa shape index (κ3) is 5.74. The summed E-state index contributed by atoms with van der Waals surface area (Å²) in [5.41, 5.74) is 3.77. The number of hydrazone groups is 1. The van der Waals surface area contributed by atoms with Crippen LogP contribution < -0.4 is 24.4 Å². The van der Waals surface area contributed by atoms with Crippen molar-refractivity contribution in [2.45, 2.75) is 12.8 Å². The van der Waals surface area contributed by atoms with Crippen molar-refractivity contribution in [1.29, 1.82) is 0 Å². The van der Waals surface area contributed by atoms with Crippen LogP contribution in [0.3, 0.4) is 0 Å². The third-order valence-electron chi connectivity index (χ3n) is 5.56. The molecule has 1 heterocycles. The number of piperidine rings is 1. The van der Waals surface area contributed by atoms with E-state index >= 15 is 0 Å². The molecule has 1 fully saturated rings. The molecule has 0 aliphatic carbocycles. The van der Waals surface area contributed by atoms with Crippen LogP contribution in [0.25, 0.3) is 0 Å². The first kappa shape index (κ1) is 23.9. The van der Waals surface area contributed by atoms with E-state index < -0.39 is 0 Å². The molecule has 2 amide bonds. The Morgan fingerprint density at radius 1 is 0.970 bits per heavy atom. The monoisotopic (exact) mass is 455 g/mol. The molecule has 1 saturated heterocycles. The quantitative estimate of drug-likeness (QED) is 0.486. The maximum absolute atomic E-state index is 12.9. The topological polar surface area (TPSA) is 98.7 Å². The highest BCUT2D eigenvalue weighted by Crippen LogP contribution is 2.29. The maximum Gasteiger partial charge on any atom is 0.254 e. The van der Waals surface area contributed by atoms with Crippen LogP contribution >= 0.6 is 0 Å². The fourth-order valence-electron chi connectivity index (χ4n) is 3.73. The van der Waals surface area contributed by atoms with Crippen LogP contribution in [-0.2, 0) is 4.79 Å². The van der Waals surface area contributed by atoms with Crippen molar-refractivity contribution < 1.29 is 28.5 Å². The molecular formula is C24H29N3O6. The van der Waals surface area contributed by atoms with Crippen molar-refractivity contribution in [3.8, 4) is 23.0 Å². The second-order valence-corrected chi connectivity index (χ2v) is 7.48. The number of hydrogen-bond donors (Lipinski definition) is 1. The molecular weight excluding hydrogens is 426 g/mol. The fraction of sp³-hybridized carbons (Fsp3) is 0.375. The smallest absolute Gasteiger partial charge is 0.254 e. The highest BCUT2D eigenvalue weighted by molar-refractivity contribution is 5.95. The number of rotatable bonds is 8. The molecule has 0 unspecified atom stereocenters.